The summed E-state index contributed by atoms with van der Waals surface area (Å²) in [7, 11) is 0. The molecular weight excluding hydrogens is 258 g/mol. The van der Waals surface area contributed by atoms with Crippen LogP contribution in [0.15, 0.2) is 30.3 Å². The van der Waals surface area contributed by atoms with E-state index in [-0.39, 0.29) is 5.91 Å². The normalized spacial score (nSPS) is 21.1. The first kappa shape index (κ1) is 14.6. The number of hydrogen-bond donors (Lipinski definition) is 0. The molecule has 0 saturated heterocycles. The third-order valence-electron chi connectivity index (χ3n) is 5.19. The Labute approximate surface area is 128 Å². The van der Waals surface area contributed by atoms with Crippen molar-refractivity contribution in [3.05, 3.63) is 35.9 Å². The van der Waals surface area contributed by atoms with E-state index in [1.807, 2.05) is 30.3 Å². The first-order chi connectivity index (χ1) is 10.4. The maximum Gasteiger partial charge on any atom is 0.254 e. The van der Waals surface area contributed by atoms with Gasteiger partial charge in [-0.3, -0.25) is 4.79 Å². The quantitative estimate of drug-likeness (QED) is 0.781. The van der Waals surface area contributed by atoms with Gasteiger partial charge in [0.15, 0.2) is 0 Å². The predicted octanol–water partition coefficient (Wildman–Crippen LogP) is 4.79. The van der Waals surface area contributed by atoms with Crippen molar-refractivity contribution in [2.45, 2.75) is 76.3 Å². The van der Waals surface area contributed by atoms with Gasteiger partial charge in [-0.25, -0.2) is 0 Å². The number of hydrogen-bond acceptors (Lipinski definition) is 1. The van der Waals surface area contributed by atoms with Crippen molar-refractivity contribution in [3.63, 3.8) is 0 Å². The second-order valence-corrected chi connectivity index (χ2v) is 6.66. The molecule has 0 heterocycles. The Bertz CT molecular complexity index is 426. The summed E-state index contributed by atoms with van der Waals surface area (Å²) in [6.45, 7) is 0. The second kappa shape index (κ2) is 7.11. The SMILES string of the molecule is O=C(c1ccccc1)N(C1CCCCC1)C1CCCCC1. The zero-order chi connectivity index (χ0) is 14.5. The number of benzene rings is 1. The van der Waals surface area contributed by atoms with E-state index in [1.54, 1.807) is 0 Å². The Morgan fingerprint density at radius 1 is 0.762 bits per heavy atom. The van der Waals surface area contributed by atoms with Gasteiger partial charge in [-0.05, 0) is 37.8 Å². The van der Waals surface area contributed by atoms with Gasteiger partial charge in [-0.2, -0.15) is 0 Å². The number of carbonyl (C=O) groups excluding carboxylic acids is 1. The van der Waals surface area contributed by atoms with Crippen LogP contribution in [-0.4, -0.2) is 22.9 Å². The van der Waals surface area contributed by atoms with E-state index in [2.05, 4.69) is 4.90 Å². The maximum atomic E-state index is 13.1. The maximum absolute atomic E-state index is 13.1. The van der Waals surface area contributed by atoms with Crippen molar-refractivity contribution in [1.82, 2.24) is 4.90 Å². The molecule has 21 heavy (non-hydrogen) atoms. The lowest BCUT2D eigenvalue weighted by Crippen LogP contribution is -2.48. The van der Waals surface area contributed by atoms with Crippen molar-refractivity contribution in [3.8, 4) is 0 Å². The van der Waals surface area contributed by atoms with Crippen LogP contribution in [0, 0.1) is 0 Å². The minimum atomic E-state index is 0.273. The lowest BCUT2D eigenvalue weighted by molar-refractivity contribution is 0.0448. The van der Waals surface area contributed by atoms with E-state index in [1.165, 1.54) is 64.2 Å². The Morgan fingerprint density at radius 2 is 1.24 bits per heavy atom. The van der Waals surface area contributed by atoms with E-state index in [4.69, 9.17) is 0 Å². The zero-order valence-corrected chi connectivity index (χ0v) is 13.0. The highest BCUT2D eigenvalue weighted by molar-refractivity contribution is 5.94. The fourth-order valence-electron chi connectivity index (χ4n) is 4.08. The van der Waals surface area contributed by atoms with Crippen LogP contribution in [0.5, 0.6) is 0 Å². The largest absolute Gasteiger partial charge is 0.333 e. The van der Waals surface area contributed by atoms with Crippen LogP contribution in [0.1, 0.15) is 74.6 Å². The predicted molar refractivity (Wildman–Crippen MR) is 86.4 cm³/mol. The topological polar surface area (TPSA) is 20.3 Å². The minimum Gasteiger partial charge on any atom is -0.333 e. The Kier molecular flexibility index (Phi) is 4.95. The van der Waals surface area contributed by atoms with Gasteiger partial charge >= 0.3 is 0 Å². The van der Waals surface area contributed by atoms with E-state index >= 15 is 0 Å². The highest BCUT2D eigenvalue weighted by Gasteiger charge is 2.32. The van der Waals surface area contributed by atoms with E-state index in [0.29, 0.717) is 12.1 Å². The molecule has 1 aromatic rings. The summed E-state index contributed by atoms with van der Waals surface area (Å²) in [5, 5.41) is 0. The Hall–Kier alpha value is -1.31. The molecule has 0 atom stereocenters. The zero-order valence-electron chi connectivity index (χ0n) is 13.0. The smallest absolute Gasteiger partial charge is 0.254 e. The average Bonchev–Trinajstić information content (AvgIpc) is 2.58. The fourth-order valence-corrected chi connectivity index (χ4v) is 4.08. The summed E-state index contributed by atoms with van der Waals surface area (Å²) in [5.74, 6) is 0.273. The molecule has 2 heteroatoms. The molecule has 2 aliphatic carbocycles. The number of carbonyl (C=O) groups is 1. The summed E-state index contributed by atoms with van der Waals surface area (Å²) in [4.78, 5) is 15.4. The van der Waals surface area contributed by atoms with Crippen LogP contribution in [0.3, 0.4) is 0 Å². The van der Waals surface area contributed by atoms with Gasteiger partial charge < -0.3 is 4.90 Å². The number of rotatable bonds is 3. The standard InChI is InChI=1S/C19H27NO/c21-19(16-10-4-1-5-11-16)20(17-12-6-2-7-13-17)18-14-8-3-9-15-18/h1,4-5,10-11,17-18H,2-3,6-9,12-15H2. The lowest BCUT2D eigenvalue weighted by atomic mass is 9.88. The fraction of sp³-hybridized carbons (Fsp3) is 0.632. The monoisotopic (exact) mass is 285 g/mol. The third-order valence-corrected chi connectivity index (χ3v) is 5.19. The third kappa shape index (κ3) is 3.48. The minimum absolute atomic E-state index is 0.273. The first-order valence-electron chi connectivity index (χ1n) is 8.74. The molecule has 0 unspecified atom stereocenters. The van der Waals surface area contributed by atoms with E-state index in [9.17, 15) is 4.79 Å². The summed E-state index contributed by atoms with van der Waals surface area (Å²) < 4.78 is 0. The average molecular weight is 285 g/mol. The highest BCUT2D eigenvalue weighted by Crippen LogP contribution is 2.31. The van der Waals surface area contributed by atoms with Gasteiger partial charge in [0, 0.05) is 17.6 Å². The van der Waals surface area contributed by atoms with Crippen LogP contribution in [0.2, 0.25) is 0 Å². The molecule has 0 aromatic heterocycles. The van der Waals surface area contributed by atoms with Gasteiger partial charge in [-0.15, -0.1) is 0 Å². The van der Waals surface area contributed by atoms with Crippen molar-refractivity contribution in [2.75, 3.05) is 0 Å². The van der Waals surface area contributed by atoms with Crippen LogP contribution in [0.25, 0.3) is 0 Å². The van der Waals surface area contributed by atoms with Crippen LogP contribution < -0.4 is 0 Å². The van der Waals surface area contributed by atoms with Crippen LogP contribution in [0.4, 0.5) is 0 Å². The second-order valence-electron chi connectivity index (χ2n) is 6.66. The van der Waals surface area contributed by atoms with Gasteiger partial charge in [0.05, 0.1) is 0 Å². The molecule has 114 valence electrons. The van der Waals surface area contributed by atoms with Gasteiger partial charge in [0.1, 0.15) is 0 Å². The highest BCUT2D eigenvalue weighted by atomic mass is 16.2. The molecule has 0 bridgehead atoms. The van der Waals surface area contributed by atoms with E-state index in [0.717, 1.165) is 5.56 Å². The molecule has 2 fully saturated rings. The summed E-state index contributed by atoms with van der Waals surface area (Å²) in [6.07, 6.45) is 12.6. The molecule has 0 N–H and O–H groups in total. The molecule has 1 aromatic carbocycles. The van der Waals surface area contributed by atoms with Crippen molar-refractivity contribution in [1.29, 1.82) is 0 Å². The molecule has 2 nitrogen and oxygen atoms in total. The Balaban J connectivity index is 1.81. The molecule has 1 amide bonds. The molecule has 2 saturated carbocycles. The molecule has 3 rings (SSSR count). The van der Waals surface area contributed by atoms with E-state index < -0.39 is 0 Å². The summed E-state index contributed by atoms with van der Waals surface area (Å²) >= 11 is 0. The van der Waals surface area contributed by atoms with Crippen molar-refractivity contribution < 1.29 is 4.79 Å². The molecular formula is C19H27NO. The first-order valence-corrected chi connectivity index (χ1v) is 8.74. The summed E-state index contributed by atoms with van der Waals surface area (Å²) in [6, 6.07) is 10.9. The number of nitrogens with zero attached hydrogens (tertiary/aromatic N) is 1. The van der Waals surface area contributed by atoms with Gasteiger partial charge in [0.2, 0.25) is 0 Å². The van der Waals surface area contributed by atoms with Crippen molar-refractivity contribution in [2.24, 2.45) is 0 Å². The summed E-state index contributed by atoms with van der Waals surface area (Å²) in [5.41, 5.74) is 0.869. The van der Waals surface area contributed by atoms with Crippen molar-refractivity contribution >= 4 is 5.91 Å². The lowest BCUT2D eigenvalue weighted by Gasteiger charge is -2.41. The van der Waals surface area contributed by atoms with Crippen LogP contribution >= 0.6 is 0 Å². The van der Waals surface area contributed by atoms with Gasteiger partial charge in [0.25, 0.3) is 5.91 Å². The van der Waals surface area contributed by atoms with Gasteiger partial charge in [-0.1, -0.05) is 56.7 Å². The molecule has 0 radical (unpaired) electrons. The molecule has 0 aliphatic heterocycles. The molecule has 0 spiro atoms. The molecule has 2 aliphatic rings. The van der Waals surface area contributed by atoms with Crippen LogP contribution in [-0.2, 0) is 0 Å². The number of amides is 1. The Morgan fingerprint density at radius 3 is 1.71 bits per heavy atom.